The van der Waals surface area contributed by atoms with Gasteiger partial charge in [0.2, 0.25) is 6.79 Å². The third kappa shape index (κ3) is 2.87. The second-order valence-electron chi connectivity index (χ2n) is 5.38. The van der Waals surface area contributed by atoms with Gasteiger partial charge in [0, 0.05) is 6.07 Å². The number of benzene rings is 2. The number of nitrogens with zero attached hydrogens (tertiary/aromatic N) is 4. The maximum atomic E-state index is 12.6. The van der Waals surface area contributed by atoms with Crippen LogP contribution < -0.4 is 14.2 Å². The van der Waals surface area contributed by atoms with Gasteiger partial charge < -0.3 is 9.47 Å². The van der Waals surface area contributed by atoms with E-state index in [9.17, 15) is 8.42 Å². The maximum Gasteiger partial charge on any atom is 0.261 e. The minimum Gasteiger partial charge on any atom is -0.454 e. The van der Waals surface area contributed by atoms with E-state index in [1.54, 1.807) is 37.3 Å². The van der Waals surface area contributed by atoms with Gasteiger partial charge in [-0.15, -0.1) is 5.10 Å². The molecule has 0 saturated heterocycles. The Labute approximate surface area is 143 Å². The van der Waals surface area contributed by atoms with Crippen LogP contribution in [0.5, 0.6) is 11.5 Å². The summed E-state index contributed by atoms with van der Waals surface area (Å²) in [5.41, 5.74) is 1.82. The molecule has 0 radical (unpaired) electrons. The van der Waals surface area contributed by atoms with Gasteiger partial charge >= 0.3 is 0 Å². The summed E-state index contributed by atoms with van der Waals surface area (Å²) in [5.74, 6) is 1.09. The number of hydrogen-bond acceptors (Lipinski definition) is 7. The Morgan fingerprint density at radius 2 is 1.96 bits per heavy atom. The SMILES string of the molecule is Cc1cc(S(=O)(=O)Nc2ccc3c(c2)OCO3)ccc1-n1cnnn1. The fourth-order valence-corrected chi connectivity index (χ4v) is 3.63. The average molecular weight is 359 g/mol. The summed E-state index contributed by atoms with van der Waals surface area (Å²) in [7, 11) is -3.75. The zero-order valence-electron chi connectivity index (χ0n) is 13.1. The van der Waals surface area contributed by atoms with Gasteiger partial charge in [-0.05, 0) is 53.2 Å². The van der Waals surface area contributed by atoms with E-state index >= 15 is 0 Å². The molecule has 2 heterocycles. The summed E-state index contributed by atoms with van der Waals surface area (Å²) in [6.07, 6.45) is 1.45. The van der Waals surface area contributed by atoms with Crippen molar-refractivity contribution in [2.24, 2.45) is 0 Å². The molecule has 0 fully saturated rings. The van der Waals surface area contributed by atoms with Crippen molar-refractivity contribution in [3.8, 4) is 17.2 Å². The summed E-state index contributed by atoms with van der Waals surface area (Å²) >= 11 is 0. The van der Waals surface area contributed by atoms with E-state index in [0.717, 1.165) is 5.56 Å². The summed E-state index contributed by atoms with van der Waals surface area (Å²) in [6, 6.07) is 9.58. The van der Waals surface area contributed by atoms with Crippen LogP contribution in [0.3, 0.4) is 0 Å². The molecule has 0 unspecified atom stereocenters. The Hall–Kier alpha value is -3.14. The Morgan fingerprint density at radius 3 is 2.72 bits per heavy atom. The first-order chi connectivity index (χ1) is 12.0. The second-order valence-corrected chi connectivity index (χ2v) is 7.06. The van der Waals surface area contributed by atoms with Gasteiger partial charge in [-0.25, -0.2) is 13.1 Å². The molecule has 25 heavy (non-hydrogen) atoms. The lowest BCUT2D eigenvalue weighted by molar-refractivity contribution is 0.174. The normalized spacial score (nSPS) is 13.0. The molecular formula is C15H13N5O4S. The highest BCUT2D eigenvalue weighted by atomic mass is 32.2. The second kappa shape index (κ2) is 5.74. The number of rotatable bonds is 4. The smallest absolute Gasteiger partial charge is 0.261 e. The van der Waals surface area contributed by atoms with Crippen molar-refractivity contribution in [3.05, 3.63) is 48.3 Å². The van der Waals surface area contributed by atoms with Crippen LogP contribution >= 0.6 is 0 Å². The molecule has 0 atom stereocenters. The van der Waals surface area contributed by atoms with E-state index in [4.69, 9.17) is 9.47 Å². The van der Waals surface area contributed by atoms with Crippen molar-refractivity contribution >= 4 is 15.7 Å². The van der Waals surface area contributed by atoms with Crippen molar-refractivity contribution in [1.29, 1.82) is 0 Å². The van der Waals surface area contributed by atoms with Crippen LogP contribution in [0.15, 0.2) is 47.6 Å². The molecule has 0 spiro atoms. The first-order valence-corrected chi connectivity index (χ1v) is 8.78. The zero-order chi connectivity index (χ0) is 17.4. The number of tetrazole rings is 1. The van der Waals surface area contributed by atoms with Crippen LogP contribution in [0.4, 0.5) is 5.69 Å². The molecule has 10 heteroatoms. The number of ether oxygens (including phenoxy) is 2. The molecule has 1 aliphatic rings. The third-order valence-electron chi connectivity index (χ3n) is 3.70. The number of sulfonamides is 1. The van der Waals surface area contributed by atoms with Gasteiger partial charge in [0.25, 0.3) is 10.0 Å². The molecule has 1 N–H and O–H groups in total. The van der Waals surface area contributed by atoms with Crippen LogP contribution in [-0.4, -0.2) is 35.4 Å². The number of aromatic nitrogens is 4. The van der Waals surface area contributed by atoms with Crippen LogP contribution in [0, 0.1) is 6.92 Å². The van der Waals surface area contributed by atoms with Crippen molar-refractivity contribution in [2.75, 3.05) is 11.5 Å². The topological polar surface area (TPSA) is 108 Å². The van der Waals surface area contributed by atoms with Crippen LogP contribution in [0.25, 0.3) is 5.69 Å². The molecule has 4 rings (SSSR count). The van der Waals surface area contributed by atoms with Gasteiger partial charge in [-0.3, -0.25) is 4.72 Å². The highest BCUT2D eigenvalue weighted by Crippen LogP contribution is 2.34. The van der Waals surface area contributed by atoms with Crippen molar-refractivity contribution in [1.82, 2.24) is 20.2 Å². The van der Waals surface area contributed by atoms with Crippen molar-refractivity contribution < 1.29 is 17.9 Å². The first kappa shape index (κ1) is 15.4. The van der Waals surface area contributed by atoms with E-state index in [0.29, 0.717) is 22.9 Å². The number of fused-ring (bicyclic) bond motifs is 1. The van der Waals surface area contributed by atoms with Gasteiger partial charge in [-0.1, -0.05) is 0 Å². The lowest BCUT2D eigenvalue weighted by atomic mass is 10.2. The molecule has 1 aromatic heterocycles. The van der Waals surface area contributed by atoms with Crippen molar-refractivity contribution in [2.45, 2.75) is 11.8 Å². The molecule has 0 saturated carbocycles. The predicted molar refractivity (Wildman–Crippen MR) is 87.3 cm³/mol. The van der Waals surface area contributed by atoms with Crippen LogP contribution in [0.1, 0.15) is 5.56 Å². The fourth-order valence-electron chi connectivity index (χ4n) is 2.50. The molecule has 9 nitrogen and oxygen atoms in total. The highest BCUT2D eigenvalue weighted by Gasteiger charge is 2.19. The molecule has 1 aliphatic heterocycles. The maximum absolute atomic E-state index is 12.6. The molecule has 2 aromatic carbocycles. The van der Waals surface area contributed by atoms with Gasteiger partial charge in [0.15, 0.2) is 11.5 Å². The van der Waals surface area contributed by atoms with E-state index in [1.165, 1.54) is 17.1 Å². The van der Waals surface area contributed by atoms with Crippen LogP contribution in [-0.2, 0) is 10.0 Å². The van der Waals surface area contributed by atoms with Crippen molar-refractivity contribution in [3.63, 3.8) is 0 Å². The van der Waals surface area contributed by atoms with Gasteiger partial charge in [0.05, 0.1) is 16.3 Å². The average Bonchev–Trinajstić information content (AvgIpc) is 3.25. The fraction of sp³-hybridized carbons (Fsp3) is 0.133. The van der Waals surface area contributed by atoms with Crippen LogP contribution in [0.2, 0.25) is 0 Å². The first-order valence-electron chi connectivity index (χ1n) is 7.29. The number of nitrogens with one attached hydrogen (secondary N) is 1. The molecule has 128 valence electrons. The Bertz CT molecular complexity index is 1030. The lowest BCUT2D eigenvalue weighted by Gasteiger charge is -2.11. The Morgan fingerprint density at radius 1 is 1.12 bits per heavy atom. The Kier molecular flexibility index (Phi) is 3.53. The van der Waals surface area contributed by atoms with Gasteiger partial charge in [-0.2, -0.15) is 0 Å². The predicted octanol–water partition coefficient (Wildman–Crippen LogP) is 1.50. The minimum atomic E-state index is -3.75. The summed E-state index contributed by atoms with van der Waals surface area (Å²) in [6.45, 7) is 1.92. The van der Waals surface area contributed by atoms with E-state index in [2.05, 4.69) is 20.2 Å². The van der Waals surface area contributed by atoms with Gasteiger partial charge in [0.1, 0.15) is 6.33 Å². The standard InChI is InChI=1S/C15H13N5O4S/c1-10-6-12(3-4-13(10)20-8-16-18-19-20)25(21,22)17-11-2-5-14-15(7-11)24-9-23-14/h2-8,17H,9H2,1H3. The van der Waals surface area contributed by atoms with E-state index in [1.807, 2.05) is 0 Å². The summed E-state index contributed by atoms with van der Waals surface area (Å²) in [4.78, 5) is 0.138. The molecule has 0 aliphatic carbocycles. The number of anilines is 1. The molecular weight excluding hydrogens is 346 g/mol. The molecule has 0 bridgehead atoms. The zero-order valence-corrected chi connectivity index (χ0v) is 13.9. The third-order valence-corrected chi connectivity index (χ3v) is 5.08. The quantitative estimate of drug-likeness (QED) is 0.752. The number of aryl methyl sites for hydroxylation is 1. The highest BCUT2D eigenvalue weighted by molar-refractivity contribution is 7.92. The van der Waals surface area contributed by atoms with E-state index < -0.39 is 10.0 Å². The lowest BCUT2D eigenvalue weighted by Crippen LogP contribution is -2.13. The minimum absolute atomic E-state index is 0.128. The Balaban J connectivity index is 1.63. The summed E-state index contributed by atoms with van der Waals surface area (Å²) in [5, 5.41) is 11.0. The number of hydrogen-bond donors (Lipinski definition) is 1. The largest absolute Gasteiger partial charge is 0.454 e. The monoisotopic (exact) mass is 359 g/mol. The summed E-state index contributed by atoms with van der Waals surface area (Å²) < 4.78 is 39.7. The molecule has 0 amide bonds. The van der Waals surface area contributed by atoms with E-state index in [-0.39, 0.29) is 11.7 Å². The molecule has 3 aromatic rings.